The lowest BCUT2D eigenvalue weighted by Gasteiger charge is -2.35. The summed E-state index contributed by atoms with van der Waals surface area (Å²) >= 11 is 0. The number of carbonyl (C=O) groups is 1. The molecule has 0 aliphatic carbocycles. The number of benzene rings is 1. The summed E-state index contributed by atoms with van der Waals surface area (Å²) in [7, 11) is 0. The molecule has 1 atom stereocenters. The summed E-state index contributed by atoms with van der Waals surface area (Å²) in [5.41, 5.74) is 0.978. The van der Waals surface area contributed by atoms with Crippen molar-refractivity contribution >= 4 is 11.8 Å². The Balaban J connectivity index is 1.29. The normalized spacial score (nSPS) is 18.4. The zero-order chi connectivity index (χ0) is 27.1. The van der Waals surface area contributed by atoms with E-state index in [4.69, 9.17) is 4.74 Å². The van der Waals surface area contributed by atoms with Crippen LogP contribution >= 0.6 is 0 Å². The highest BCUT2D eigenvalue weighted by molar-refractivity contribution is 5.91. The number of hydrogen-bond donors (Lipinski definition) is 2. The van der Waals surface area contributed by atoms with Gasteiger partial charge in [0.25, 0.3) is 5.70 Å². The van der Waals surface area contributed by atoms with Crippen LogP contribution in [0.5, 0.6) is 5.75 Å². The topological polar surface area (TPSA) is 134 Å². The van der Waals surface area contributed by atoms with E-state index in [0.717, 1.165) is 57.8 Å². The van der Waals surface area contributed by atoms with E-state index in [9.17, 15) is 20.0 Å². The summed E-state index contributed by atoms with van der Waals surface area (Å²) in [4.78, 5) is 36.7. The Morgan fingerprint density at radius 2 is 1.89 bits per heavy atom. The summed E-state index contributed by atoms with van der Waals surface area (Å²) < 4.78 is 6.06. The molecular weight excluding hydrogens is 488 g/mol. The molecule has 11 nitrogen and oxygen atoms in total. The molecule has 0 spiro atoms. The minimum Gasteiger partial charge on any atom is -0.493 e. The fraction of sp³-hybridized carbons (Fsp3) is 0.444. The lowest BCUT2D eigenvalue weighted by atomic mass is 9.83. The SMILES string of the molecule is CC1=C(C(=O)O)C(c2ccccc2OCCCCCN2CCN(c3cnccn3)CC2)C([N+](=O)[O-])=C(C)N1. The lowest BCUT2D eigenvalue weighted by molar-refractivity contribution is -0.431. The lowest BCUT2D eigenvalue weighted by Crippen LogP contribution is -2.46. The van der Waals surface area contributed by atoms with Gasteiger partial charge in [-0.15, -0.1) is 0 Å². The molecule has 4 rings (SSSR count). The van der Waals surface area contributed by atoms with Crippen molar-refractivity contribution in [3.63, 3.8) is 0 Å². The molecule has 2 aromatic rings. The van der Waals surface area contributed by atoms with Gasteiger partial charge in [0.2, 0.25) is 0 Å². The smallest absolute Gasteiger partial charge is 0.334 e. The molecule has 2 N–H and O–H groups in total. The molecule has 0 saturated carbocycles. The number of nitrogens with zero attached hydrogens (tertiary/aromatic N) is 5. The molecule has 0 amide bonds. The first kappa shape index (κ1) is 27.1. The van der Waals surface area contributed by atoms with Crippen LogP contribution in [0.1, 0.15) is 44.6 Å². The Morgan fingerprint density at radius 1 is 1.13 bits per heavy atom. The van der Waals surface area contributed by atoms with Crippen molar-refractivity contribution in [2.45, 2.75) is 39.0 Å². The van der Waals surface area contributed by atoms with Gasteiger partial charge in [0, 0.05) is 49.8 Å². The third kappa shape index (κ3) is 6.28. The zero-order valence-electron chi connectivity index (χ0n) is 21.8. The molecule has 2 aliphatic heterocycles. The second kappa shape index (κ2) is 12.5. The summed E-state index contributed by atoms with van der Waals surface area (Å²) in [6.07, 6.45) is 8.06. The van der Waals surface area contributed by atoms with E-state index >= 15 is 0 Å². The van der Waals surface area contributed by atoms with Gasteiger partial charge in [-0.2, -0.15) is 0 Å². The number of piperazine rings is 1. The quantitative estimate of drug-likeness (QED) is 0.257. The molecule has 2 aliphatic rings. The monoisotopic (exact) mass is 522 g/mol. The second-order valence-corrected chi connectivity index (χ2v) is 9.51. The summed E-state index contributed by atoms with van der Waals surface area (Å²) in [6.45, 7) is 8.51. The van der Waals surface area contributed by atoms with E-state index in [1.165, 1.54) is 0 Å². The number of unbranched alkanes of at least 4 members (excludes halogenated alkanes) is 2. The molecule has 1 aromatic carbocycles. The molecule has 0 bridgehead atoms. The molecule has 1 aromatic heterocycles. The van der Waals surface area contributed by atoms with Gasteiger partial charge in [0.15, 0.2) is 0 Å². The summed E-state index contributed by atoms with van der Waals surface area (Å²) in [5.74, 6) is -0.830. The molecule has 202 valence electrons. The highest BCUT2D eigenvalue weighted by atomic mass is 16.6. The third-order valence-electron chi connectivity index (χ3n) is 7.00. The van der Waals surface area contributed by atoms with Crippen molar-refractivity contribution in [2.75, 3.05) is 44.2 Å². The second-order valence-electron chi connectivity index (χ2n) is 9.51. The molecule has 1 saturated heterocycles. The van der Waals surface area contributed by atoms with Crippen LogP contribution in [0.3, 0.4) is 0 Å². The van der Waals surface area contributed by atoms with E-state index in [1.807, 2.05) is 0 Å². The van der Waals surface area contributed by atoms with Gasteiger partial charge in [-0.25, -0.2) is 9.78 Å². The van der Waals surface area contributed by atoms with E-state index in [-0.39, 0.29) is 11.3 Å². The van der Waals surface area contributed by atoms with Gasteiger partial charge in [-0.1, -0.05) is 18.2 Å². The van der Waals surface area contributed by atoms with Crippen LogP contribution in [-0.2, 0) is 4.79 Å². The highest BCUT2D eigenvalue weighted by Gasteiger charge is 2.41. The molecule has 11 heteroatoms. The number of nitro groups is 1. The molecule has 1 unspecified atom stereocenters. The maximum atomic E-state index is 12.1. The van der Waals surface area contributed by atoms with Gasteiger partial charge in [0.1, 0.15) is 17.5 Å². The Morgan fingerprint density at radius 3 is 2.58 bits per heavy atom. The first-order valence-electron chi connectivity index (χ1n) is 12.9. The van der Waals surface area contributed by atoms with E-state index in [0.29, 0.717) is 29.3 Å². The van der Waals surface area contributed by atoms with Crippen LogP contribution < -0.4 is 15.0 Å². The number of ether oxygens (including phenoxy) is 1. The predicted octanol–water partition coefficient (Wildman–Crippen LogP) is 3.40. The van der Waals surface area contributed by atoms with Crippen molar-refractivity contribution in [3.8, 4) is 5.75 Å². The van der Waals surface area contributed by atoms with Crippen LogP contribution in [0.15, 0.2) is 65.5 Å². The van der Waals surface area contributed by atoms with E-state index < -0.39 is 16.8 Å². The van der Waals surface area contributed by atoms with Crippen molar-refractivity contribution in [3.05, 3.63) is 81.2 Å². The number of hydrogen-bond acceptors (Lipinski definition) is 9. The minimum absolute atomic E-state index is 0.0437. The highest BCUT2D eigenvalue weighted by Crippen LogP contribution is 2.42. The number of anilines is 1. The number of carboxylic acid groups (broad SMARTS) is 1. The minimum atomic E-state index is -1.20. The number of aliphatic carboxylic acids is 1. The van der Waals surface area contributed by atoms with Gasteiger partial charge < -0.3 is 20.1 Å². The Hall–Kier alpha value is -3.99. The molecule has 0 radical (unpaired) electrons. The third-order valence-corrected chi connectivity index (χ3v) is 7.00. The van der Waals surface area contributed by atoms with Crippen molar-refractivity contribution < 1.29 is 19.6 Å². The van der Waals surface area contributed by atoms with Crippen LogP contribution in [0.2, 0.25) is 0 Å². The number of rotatable bonds is 11. The van der Waals surface area contributed by atoms with Crippen molar-refractivity contribution in [1.82, 2.24) is 20.2 Å². The maximum absolute atomic E-state index is 12.1. The van der Waals surface area contributed by atoms with Gasteiger partial charge >= 0.3 is 5.97 Å². The Labute approximate surface area is 222 Å². The number of para-hydroxylation sites is 1. The summed E-state index contributed by atoms with van der Waals surface area (Å²) in [5, 5.41) is 24.6. The average molecular weight is 523 g/mol. The van der Waals surface area contributed by atoms with Gasteiger partial charge in [-0.3, -0.25) is 20.0 Å². The molecular formula is C27H34N6O5. The number of carboxylic acids is 1. The van der Waals surface area contributed by atoms with Crippen molar-refractivity contribution in [2.24, 2.45) is 0 Å². The summed E-state index contributed by atoms with van der Waals surface area (Å²) in [6, 6.07) is 6.99. The predicted molar refractivity (Wildman–Crippen MR) is 142 cm³/mol. The maximum Gasteiger partial charge on any atom is 0.334 e. The van der Waals surface area contributed by atoms with Crippen LogP contribution in [0.25, 0.3) is 0 Å². The molecule has 38 heavy (non-hydrogen) atoms. The van der Waals surface area contributed by atoms with Crippen LogP contribution in [0.4, 0.5) is 5.82 Å². The number of dihydropyridines is 1. The molecule has 3 heterocycles. The van der Waals surface area contributed by atoms with Crippen molar-refractivity contribution in [1.29, 1.82) is 0 Å². The number of aromatic nitrogens is 2. The zero-order valence-corrected chi connectivity index (χ0v) is 21.8. The van der Waals surface area contributed by atoms with Gasteiger partial charge in [-0.05, 0) is 45.7 Å². The number of nitrogens with one attached hydrogen (secondary N) is 1. The fourth-order valence-electron chi connectivity index (χ4n) is 5.11. The van der Waals surface area contributed by atoms with Crippen LogP contribution in [-0.4, -0.2) is 70.2 Å². The Bertz CT molecular complexity index is 1170. The Kier molecular flexibility index (Phi) is 8.90. The number of allylic oxidation sites excluding steroid dienone is 3. The van der Waals surface area contributed by atoms with Crippen LogP contribution in [0, 0.1) is 10.1 Å². The fourth-order valence-corrected chi connectivity index (χ4v) is 5.11. The first-order valence-corrected chi connectivity index (χ1v) is 12.9. The molecule has 1 fully saturated rings. The van der Waals surface area contributed by atoms with E-state index in [1.54, 1.807) is 56.7 Å². The van der Waals surface area contributed by atoms with E-state index in [2.05, 4.69) is 25.1 Å². The van der Waals surface area contributed by atoms with Gasteiger partial charge in [0.05, 0.1) is 29.0 Å². The standard InChI is InChI=1S/C27H34N6O5/c1-19-24(27(34)35)25(26(33(36)37)20(2)30-19)21-8-4-5-9-22(21)38-17-7-3-6-12-31-13-15-32(16-14-31)23-18-28-10-11-29-23/h4-5,8-11,18,25,30H,3,6-7,12-17H2,1-2H3,(H,34,35). The largest absolute Gasteiger partial charge is 0.493 e. The average Bonchev–Trinajstić information content (AvgIpc) is 2.90. The first-order chi connectivity index (χ1) is 18.4.